The van der Waals surface area contributed by atoms with E-state index in [1.807, 2.05) is 0 Å². The molecule has 4 heteroatoms. The summed E-state index contributed by atoms with van der Waals surface area (Å²) in [5.41, 5.74) is 6.13. The molecule has 0 amide bonds. The predicted molar refractivity (Wildman–Crippen MR) is 64.1 cm³/mol. The topological polar surface area (TPSA) is 64.9 Å². The Morgan fingerprint density at radius 3 is 2.50 bits per heavy atom. The summed E-state index contributed by atoms with van der Waals surface area (Å²) >= 11 is 0. The van der Waals surface area contributed by atoms with E-state index in [-0.39, 0.29) is 11.5 Å². The Bertz CT molecular complexity index is 327. The predicted octanol–water partition coefficient (Wildman–Crippen LogP) is 2.50. The van der Waals surface area contributed by atoms with E-state index < -0.39 is 0 Å². The Balaban J connectivity index is 2.66. The molecule has 2 unspecified atom stereocenters. The summed E-state index contributed by atoms with van der Waals surface area (Å²) in [5.74, 6) is 1.79. The van der Waals surface area contributed by atoms with Crippen LogP contribution in [0.4, 0.5) is 0 Å². The van der Waals surface area contributed by atoms with Crippen molar-refractivity contribution in [1.82, 2.24) is 10.1 Å². The van der Waals surface area contributed by atoms with E-state index in [0.717, 1.165) is 12.2 Å². The Kier molecular flexibility index (Phi) is 4.08. The monoisotopic (exact) mass is 225 g/mol. The van der Waals surface area contributed by atoms with Crippen LogP contribution in [0.3, 0.4) is 0 Å². The van der Waals surface area contributed by atoms with Gasteiger partial charge in [-0.25, -0.2) is 0 Å². The van der Waals surface area contributed by atoms with Crippen molar-refractivity contribution < 1.29 is 4.52 Å². The van der Waals surface area contributed by atoms with Gasteiger partial charge in [-0.15, -0.1) is 0 Å². The minimum Gasteiger partial charge on any atom is -0.339 e. The standard InChI is InChI=1S/C12H23N3O/c1-6-8(2)11-14-10(16-15-11)7-9(13)12(3,4)5/h8-9H,6-7,13H2,1-5H3. The fourth-order valence-electron chi connectivity index (χ4n) is 1.23. The van der Waals surface area contributed by atoms with Crippen LogP contribution in [-0.4, -0.2) is 16.2 Å². The molecule has 0 saturated carbocycles. The highest BCUT2D eigenvalue weighted by atomic mass is 16.5. The first-order valence-electron chi connectivity index (χ1n) is 5.92. The van der Waals surface area contributed by atoms with Crippen LogP contribution in [0.15, 0.2) is 4.52 Å². The summed E-state index contributed by atoms with van der Waals surface area (Å²) in [5, 5.41) is 3.98. The van der Waals surface area contributed by atoms with Gasteiger partial charge in [0.05, 0.1) is 0 Å². The van der Waals surface area contributed by atoms with E-state index in [9.17, 15) is 0 Å². The average Bonchev–Trinajstić information content (AvgIpc) is 2.63. The lowest BCUT2D eigenvalue weighted by Gasteiger charge is -2.25. The number of rotatable bonds is 4. The maximum Gasteiger partial charge on any atom is 0.228 e. The van der Waals surface area contributed by atoms with Crippen molar-refractivity contribution >= 4 is 0 Å². The highest BCUT2D eigenvalue weighted by molar-refractivity contribution is 4.95. The van der Waals surface area contributed by atoms with Gasteiger partial charge in [0.1, 0.15) is 0 Å². The van der Waals surface area contributed by atoms with Gasteiger partial charge in [0.25, 0.3) is 0 Å². The van der Waals surface area contributed by atoms with Crippen LogP contribution in [0.5, 0.6) is 0 Å². The molecule has 1 heterocycles. The minimum absolute atomic E-state index is 0.0396. The van der Waals surface area contributed by atoms with E-state index in [1.165, 1.54) is 0 Å². The first-order valence-corrected chi connectivity index (χ1v) is 5.92. The van der Waals surface area contributed by atoms with Gasteiger partial charge in [0.15, 0.2) is 5.82 Å². The van der Waals surface area contributed by atoms with Gasteiger partial charge in [-0.05, 0) is 11.8 Å². The van der Waals surface area contributed by atoms with Crippen molar-refractivity contribution in [3.8, 4) is 0 Å². The van der Waals surface area contributed by atoms with Crippen LogP contribution >= 0.6 is 0 Å². The Morgan fingerprint density at radius 2 is 2.00 bits per heavy atom. The molecule has 1 aromatic rings. The third-order valence-electron chi connectivity index (χ3n) is 3.04. The Hall–Kier alpha value is -0.900. The molecule has 0 radical (unpaired) electrons. The second kappa shape index (κ2) is 4.95. The van der Waals surface area contributed by atoms with Crippen LogP contribution in [0.1, 0.15) is 58.7 Å². The lowest BCUT2D eigenvalue weighted by molar-refractivity contribution is 0.285. The summed E-state index contributed by atoms with van der Waals surface area (Å²) in [6.45, 7) is 10.6. The Morgan fingerprint density at radius 1 is 1.38 bits per heavy atom. The van der Waals surface area contributed by atoms with E-state index in [2.05, 4.69) is 44.8 Å². The van der Waals surface area contributed by atoms with Gasteiger partial charge in [0, 0.05) is 18.4 Å². The van der Waals surface area contributed by atoms with Gasteiger partial charge in [-0.2, -0.15) is 4.98 Å². The molecule has 0 aliphatic rings. The maximum atomic E-state index is 6.07. The smallest absolute Gasteiger partial charge is 0.228 e. The van der Waals surface area contributed by atoms with E-state index in [1.54, 1.807) is 0 Å². The molecular weight excluding hydrogens is 202 g/mol. The summed E-state index contributed by atoms with van der Waals surface area (Å²) in [6.07, 6.45) is 1.66. The number of hydrogen-bond donors (Lipinski definition) is 1. The highest BCUT2D eigenvalue weighted by Crippen LogP contribution is 2.21. The van der Waals surface area contributed by atoms with Gasteiger partial charge < -0.3 is 10.3 Å². The van der Waals surface area contributed by atoms with E-state index in [4.69, 9.17) is 10.3 Å². The van der Waals surface area contributed by atoms with Crippen molar-refractivity contribution in [2.24, 2.45) is 11.1 Å². The van der Waals surface area contributed by atoms with Crippen molar-refractivity contribution in [1.29, 1.82) is 0 Å². The molecule has 0 saturated heterocycles. The third kappa shape index (κ3) is 3.30. The van der Waals surface area contributed by atoms with Crippen molar-refractivity contribution in [3.63, 3.8) is 0 Å². The van der Waals surface area contributed by atoms with Gasteiger partial charge in [0.2, 0.25) is 5.89 Å². The van der Waals surface area contributed by atoms with Crippen molar-refractivity contribution in [2.75, 3.05) is 0 Å². The van der Waals surface area contributed by atoms with Crippen LogP contribution in [0.2, 0.25) is 0 Å². The molecule has 4 nitrogen and oxygen atoms in total. The van der Waals surface area contributed by atoms with Crippen molar-refractivity contribution in [3.05, 3.63) is 11.7 Å². The molecule has 0 bridgehead atoms. The molecule has 2 N–H and O–H groups in total. The van der Waals surface area contributed by atoms with Crippen LogP contribution in [0.25, 0.3) is 0 Å². The maximum absolute atomic E-state index is 6.07. The molecule has 0 aliphatic carbocycles. The van der Waals surface area contributed by atoms with E-state index in [0.29, 0.717) is 18.2 Å². The second-order valence-electron chi connectivity index (χ2n) is 5.53. The molecule has 92 valence electrons. The summed E-state index contributed by atoms with van der Waals surface area (Å²) in [6, 6.07) is 0.0396. The molecule has 0 aliphatic heterocycles. The lowest BCUT2D eigenvalue weighted by atomic mass is 9.85. The molecule has 0 spiro atoms. The summed E-state index contributed by atoms with van der Waals surface area (Å²) in [7, 11) is 0. The third-order valence-corrected chi connectivity index (χ3v) is 3.04. The van der Waals surface area contributed by atoms with Gasteiger partial charge in [-0.1, -0.05) is 39.8 Å². The first-order chi connectivity index (χ1) is 7.34. The zero-order valence-electron chi connectivity index (χ0n) is 10.9. The summed E-state index contributed by atoms with van der Waals surface area (Å²) < 4.78 is 5.21. The first kappa shape index (κ1) is 13.2. The second-order valence-corrected chi connectivity index (χ2v) is 5.53. The number of nitrogens with zero attached hydrogens (tertiary/aromatic N) is 2. The zero-order valence-corrected chi connectivity index (χ0v) is 10.9. The number of hydrogen-bond acceptors (Lipinski definition) is 4. The molecule has 2 atom stereocenters. The molecule has 0 aromatic carbocycles. The van der Waals surface area contributed by atoms with Gasteiger partial charge >= 0.3 is 0 Å². The number of aromatic nitrogens is 2. The fourth-order valence-corrected chi connectivity index (χ4v) is 1.23. The zero-order chi connectivity index (χ0) is 12.3. The fraction of sp³-hybridized carbons (Fsp3) is 0.833. The molecule has 16 heavy (non-hydrogen) atoms. The quantitative estimate of drug-likeness (QED) is 0.855. The largest absolute Gasteiger partial charge is 0.339 e. The normalized spacial score (nSPS) is 16.1. The molecule has 0 fully saturated rings. The van der Waals surface area contributed by atoms with Crippen LogP contribution < -0.4 is 5.73 Å². The number of nitrogens with two attached hydrogens (primary N) is 1. The highest BCUT2D eigenvalue weighted by Gasteiger charge is 2.23. The van der Waals surface area contributed by atoms with Gasteiger partial charge in [-0.3, -0.25) is 0 Å². The van der Waals surface area contributed by atoms with Crippen LogP contribution in [-0.2, 0) is 6.42 Å². The lowest BCUT2D eigenvalue weighted by Crippen LogP contribution is -2.37. The van der Waals surface area contributed by atoms with Crippen LogP contribution in [0, 0.1) is 5.41 Å². The SMILES string of the molecule is CCC(C)c1noc(CC(N)C(C)(C)C)n1. The molecular formula is C12H23N3O. The molecule has 1 rings (SSSR count). The minimum atomic E-state index is 0.0396. The molecule has 1 aromatic heterocycles. The average molecular weight is 225 g/mol. The van der Waals surface area contributed by atoms with E-state index >= 15 is 0 Å². The Labute approximate surface area is 97.6 Å². The summed E-state index contributed by atoms with van der Waals surface area (Å²) in [4.78, 5) is 4.38. The van der Waals surface area contributed by atoms with Crippen molar-refractivity contribution in [2.45, 2.75) is 59.4 Å².